The van der Waals surface area contributed by atoms with E-state index in [0.29, 0.717) is 22.8 Å². The molecule has 1 amide bonds. The van der Waals surface area contributed by atoms with Gasteiger partial charge in [-0.2, -0.15) is 0 Å². The fraction of sp³-hybridized carbons (Fsp3) is 0.231. The number of aliphatic hydroxyl groups excluding tert-OH is 1. The van der Waals surface area contributed by atoms with Gasteiger partial charge in [0.15, 0.2) is 0 Å². The molecule has 0 radical (unpaired) electrons. The second-order valence-corrected chi connectivity index (χ2v) is 8.04. The molecule has 1 aromatic heterocycles. The number of carbonyl (C=O) groups excluding carboxylic acids is 2. The van der Waals surface area contributed by atoms with E-state index < -0.39 is 17.7 Å². The third-order valence-electron chi connectivity index (χ3n) is 5.73. The van der Waals surface area contributed by atoms with Crippen LogP contribution in [0.3, 0.4) is 0 Å². The van der Waals surface area contributed by atoms with E-state index in [1.807, 2.05) is 44.2 Å². The molecule has 1 N–H and O–H groups in total. The van der Waals surface area contributed by atoms with Crippen molar-refractivity contribution >= 4 is 17.4 Å². The molecule has 0 aliphatic carbocycles. The molecule has 6 nitrogen and oxygen atoms in total. The third kappa shape index (κ3) is 3.80. The summed E-state index contributed by atoms with van der Waals surface area (Å²) in [4.78, 5) is 27.7. The van der Waals surface area contributed by atoms with Crippen molar-refractivity contribution < 1.29 is 23.8 Å². The summed E-state index contributed by atoms with van der Waals surface area (Å²) in [6, 6.07) is 15.6. The average Bonchev–Trinajstić information content (AvgIpc) is 3.31. The van der Waals surface area contributed by atoms with Gasteiger partial charge >= 0.3 is 0 Å². The number of carbonyl (C=O) groups is 2. The van der Waals surface area contributed by atoms with E-state index in [0.717, 1.165) is 16.7 Å². The first kappa shape index (κ1) is 21.4. The van der Waals surface area contributed by atoms with Crippen LogP contribution in [0.1, 0.15) is 39.8 Å². The number of ether oxygens (including phenoxy) is 1. The van der Waals surface area contributed by atoms with E-state index in [2.05, 4.69) is 0 Å². The molecule has 1 saturated heterocycles. The number of aliphatic hydroxyl groups is 1. The van der Waals surface area contributed by atoms with Gasteiger partial charge in [0, 0.05) is 12.1 Å². The van der Waals surface area contributed by atoms with E-state index >= 15 is 0 Å². The summed E-state index contributed by atoms with van der Waals surface area (Å²) in [5.74, 6) is 0.191. The van der Waals surface area contributed by atoms with Crippen LogP contribution < -0.4 is 4.74 Å². The molecule has 1 unspecified atom stereocenters. The molecule has 2 heterocycles. The summed E-state index contributed by atoms with van der Waals surface area (Å²) in [5, 5.41) is 11.2. The molecule has 4 rings (SSSR count). The van der Waals surface area contributed by atoms with Gasteiger partial charge in [0.2, 0.25) is 0 Å². The predicted molar refractivity (Wildman–Crippen MR) is 120 cm³/mol. The highest BCUT2D eigenvalue weighted by Gasteiger charge is 2.47. The second kappa shape index (κ2) is 8.38. The van der Waals surface area contributed by atoms with Gasteiger partial charge in [0.1, 0.15) is 29.1 Å². The number of methoxy groups -OCH3 is 1. The third-order valence-corrected chi connectivity index (χ3v) is 5.73. The lowest BCUT2D eigenvalue weighted by Crippen LogP contribution is -2.29. The van der Waals surface area contributed by atoms with Gasteiger partial charge in [0.05, 0.1) is 12.7 Å². The first-order valence-electron chi connectivity index (χ1n) is 10.4. The SMILES string of the molecule is COc1ccc(CN2C(=O)C(=O)/C(=C(/O)c3cc(C)ccc3C)C2c2ccc(C)o2)cc1. The van der Waals surface area contributed by atoms with Crippen LogP contribution >= 0.6 is 0 Å². The smallest absolute Gasteiger partial charge is 0.296 e. The van der Waals surface area contributed by atoms with Crippen molar-refractivity contribution in [3.05, 3.63) is 93.9 Å². The molecule has 0 bridgehead atoms. The van der Waals surface area contributed by atoms with Crippen LogP contribution in [-0.4, -0.2) is 28.8 Å². The van der Waals surface area contributed by atoms with Crippen LogP contribution in [0.15, 0.2) is 64.6 Å². The molecule has 1 atom stereocenters. The van der Waals surface area contributed by atoms with Gasteiger partial charge < -0.3 is 19.2 Å². The molecule has 2 aromatic carbocycles. The number of Topliss-reactive ketones (excluding diaryl/α,β-unsaturated/α-hetero) is 1. The quantitative estimate of drug-likeness (QED) is 0.355. The number of likely N-dealkylation sites (tertiary alicyclic amines) is 1. The van der Waals surface area contributed by atoms with E-state index in [1.165, 1.54) is 4.90 Å². The monoisotopic (exact) mass is 431 g/mol. The number of hydrogen-bond acceptors (Lipinski definition) is 5. The molecule has 0 spiro atoms. The van der Waals surface area contributed by atoms with Crippen molar-refractivity contribution in [3.63, 3.8) is 0 Å². The predicted octanol–water partition coefficient (Wildman–Crippen LogP) is 4.84. The van der Waals surface area contributed by atoms with Crippen molar-refractivity contribution in [2.24, 2.45) is 0 Å². The van der Waals surface area contributed by atoms with Crippen LogP contribution in [0.4, 0.5) is 0 Å². The second-order valence-electron chi connectivity index (χ2n) is 8.04. The van der Waals surface area contributed by atoms with Gasteiger partial charge in [-0.3, -0.25) is 9.59 Å². The van der Waals surface area contributed by atoms with Crippen molar-refractivity contribution in [1.29, 1.82) is 0 Å². The first-order chi connectivity index (χ1) is 15.3. The number of nitrogens with zero attached hydrogens (tertiary/aromatic N) is 1. The molecule has 1 aliphatic rings. The highest BCUT2D eigenvalue weighted by Crippen LogP contribution is 2.41. The van der Waals surface area contributed by atoms with Crippen LogP contribution in [0, 0.1) is 20.8 Å². The van der Waals surface area contributed by atoms with Gasteiger partial charge in [-0.25, -0.2) is 0 Å². The number of rotatable bonds is 5. The Morgan fingerprint density at radius 2 is 1.75 bits per heavy atom. The van der Waals surface area contributed by atoms with Gasteiger partial charge in [-0.15, -0.1) is 0 Å². The van der Waals surface area contributed by atoms with Crippen molar-refractivity contribution in [3.8, 4) is 5.75 Å². The summed E-state index contributed by atoms with van der Waals surface area (Å²) in [6.07, 6.45) is 0. The Hall–Kier alpha value is -3.80. The zero-order chi connectivity index (χ0) is 23.0. The Labute approximate surface area is 186 Å². The summed E-state index contributed by atoms with van der Waals surface area (Å²) < 4.78 is 11.0. The zero-order valence-corrected chi connectivity index (χ0v) is 18.5. The minimum atomic E-state index is -0.828. The summed E-state index contributed by atoms with van der Waals surface area (Å²) >= 11 is 0. The maximum Gasteiger partial charge on any atom is 0.296 e. The highest BCUT2D eigenvalue weighted by atomic mass is 16.5. The van der Waals surface area contributed by atoms with Crippen molar-refractivity contribution in [1.82, 2.24) is 4.90 Å². The largest absolute Gasteiger partial charge is 0.507 e. The Morgan fingerprint density at radius 3 is 2.38 bits per heavy atom. The molecule has 0 saturated carbocycles. The molecular formula is C26H25NO5. The molecule has 3 aromatic rings. The van der Waals surface area contributed by atoms with E-state index in [4.69, 9.17) is 9.15 Å². The normalized spacial score (nSPS) is 17.8. The molecular weight excluding hydrogens is 406 g/mol. The Kier molecular flexibility index (Phi) is 5.61. The van der Waals surface area contributed by atoms with Crippen LogP contribution in [0.2, 0.25) is 0 Å². The molecule has 1 fully saturated rings. The van der Waals surface area contributed by atoms with E-state index in [-0.39, 0.29) is 17.9 Å². The Bertz CT molecular complexity index is 1220. The Morgan fingerprint density at radius 1 is 1.03 bits per heavy atom. The highest BCUT2D eigenvalue weighted by molar-refractivity contribution is 6.46. The first-order valence-corrected chi connectivity index (χ1v) is 10.4. The van der Waals surface area contributed by atoms with E-state index in [1.54, 1.807) is 38.3 Å². The van der Waals surface area contributed by atoms with Gasteiger partial charge in [-0.05, 0) is 62.2 Å². The van der Waals surface area contributed by atoms with E-state index in [9.17, 15) is 14.7 Å². The number of furan rings is 1. The number of hydrogen-bond donors (Lipinski definition) is 1. The maximum absolute atomic E-state index is 13.1. The molecule has 32 heavy (non-hydrogen) atoms. The molecule has 1 aliphatic heterocycles. The maximum atomic E-state index is 13.1. The van der Waals surface area contributed by atoms with Crippen molar-refractivity contribution in [2.75, 3.05) is 7.11 Å². The lowest BCUT2D eigenvalue weighted by molar-refractivity contribution is -0.140. The topological polar surface area (TPSA) is 80.0 Å². The van der Waals surface area contributed by atoms with Gasteiger partial charge in [0.25, 0.3) is 11.7 Å². The van der Waals surface area contributed by atoms with Gasteiger partial charge in [-0.1, -0.05) is 29.8 Å². The molecule has 164 valence electrons. The minimum Gasteiger partial charge on any atom is -0.507 e. The fourth-order valence-electron chi connectivity index (χ4n) is 4.00. The molecule has 6 heteroatoms. The van der Waals surface area contributed by atoms with Crippen molar-refractivity contribution in [2.45, 2.75) is 33.4 Å². The fourth-order valence-corrected chi connectivity index (χ4v) is 4.00. The van der Waals surface area contributed by atoms with Crippen LogP contribution in [0.25, 0.3) is 5.76 Å². The Balaban J connectivity index is 1.84. The summed E-state index contributed by atoms with van der Waals surface area (Å²) in [5.41, 5.74) is 3.14. The zero-order valence-electron chi connectivity index (χ0n) is 18.5. The summed E-state index contributed by atoms with van der Waals surface area (Å²) in [7, 11) is 1.58. The summed E-state index contributed by atoms with van der Waals surface area (Å²) in [6.45, 7) is 5.74. The number of amides is 1. The number of benzene rings is 2. The minimum absolute atomic E-state index is 0.0339. The lowest BCUT2D eigenvalue weighted by Gasteiger charge is -2.23. The standard InChI is InChI=1S/C26H25NO5/c1-15-5-6-16(2)20(13-15)24(28)22-23(21-12-7-17(3)32-21)27(26(30)25(22)29)14-18-8-10-19(31-4)11-9-18/h5-13,23,28H,14H2,1-4H3/b24-22+. The van der Waals surface area contributed by atoms with Crippen LogP contribution in [0.5, 0.6) is 5.75 Å². The number of aryl methyl sites for hydroxylation is 3. The average molecular weight is 431 g/mol. The number of ketones is 1. The van der Waals surface area contributed by atoms with Crippen LogP contribution in [-0.2, 0) is 16.1 Å². The lowest BCUT2D eigenvalue weighted by atomic mass is 9.96.